The molecule has 170 valence electrons. The van der Waals surface area contributed by atoms with Gasteiger partial charge < -0.3 is 14.6 Å². The van der Waals surface area contributed by atoms with Crippen LogP contribution in [-0.2, 0) is 4.79 Å². The number of carbonyl (C=O) groups is 1. The average molecular weight is 419 g/mol. The molecule has 1 N–H and O–H groups in total. The molecule has 1 rings (SSSR count). The van der Waals surface area contributed by atoms with Crippen molar-refractivity contribution in [2.45, 2.75) is 96.8 Å². The van der Waals surface area contributed by atoms with Crippen molar-refractivity contribution in [1.82, 2.24) is 0 Å². The van der Waals surface area contributed by atoms with E-state index in [4.69, 9.17) is 14.6 Å². The molecule has 30 heavy (non-hydrogen) atoms. The van der Waals surface area contributed by atoms with Gasteiger partial charge in [-0.1, -0.05) is 96.5 Å². The van der Waals surface area contributed by atoms with Crippen LogP contribution in [0.15, 0.2) is 24.3 Å². The predicted molar refractivity (Wildman–Crippen MR) is 125 cm³/mol. The molecule has 0 aliphatic carbocycles. The highest BCUT2D eigenvalue weighted by atomic mass is 16.5. The van der Waals surface area contributed by atoms with Crippen LogP contribution in [0.5, 0.6) is 11.5 Å². The van der Waals surface area contributed by atoms with E-state index in [0.29, 0.717) is 18.1 Å². The van der Waals surface area contributed by atoms with E-state index in [1.165, 1.54) is 83.5 Å². The van der Waals surface area contributed by atoms with Gasteiger partial charge in [0.15, 0.2) is 11.5 Å². The minimum absolute atomic E-state index is 0.632. The van der Waals surface area contributed by atoms with Crippen LogP contribution in [0.25, 0.3) is 6.08 Å². The van der Waals surface area contributed by atoms with Crippen LogP contribution < -0.4 is 9.47 Å². The number of ether oxygens (including phenoxy) is 2. The Bertz CT molecular complexity index is 595. The second-order valence-corrected chi connectivity index (χ2v) is 8.03. The zero-order chi connectivity index (χ0) is 21.9. The molecular formula is C26H42O4. The van der Waals surface area contributed by atoms with Crippen molar-refractivity contribution in [2.24, 2.45) is 0 Å². The maximum Gasteiger partial charge on any atom is 0.328 e. The minimum atomic E-state index is -0.966. The van der Waals surface area contributed by atoms with Crippen LogP contribution in [0, 0.1) is 0 Å². The van der Waals surface area contributed by atoms with Crippen LogP contribution in [0.4, 0.5) is 0 Å². The summed E-state index contributed by atoms with van der Waals surface area (Å²) in [7, 11) is 1.60. The quantitative estimate of drug-likeness (QED) is 0.185. The molecule has 1 aromatic carbocycles. The van der Waals surface area contributed by atoms with Crippen LogP contribution in [0.1, 0.15) is 102 Å². The fourth-order valence-electron chi connectivity index (χ4n) is 3.55. The zero-order valence-electron chi connectivity index (χ0n) is 19.2. The smallest absolute Gasteiger partial charge is 0.328 e. The fraction of sp³-hybridized carbons (Fsp3) is 0.654. The minimum Gasteiger partial charge on any atom is -0.493 e. The van der Waals surface area contributed by atoms with E-state index >= 15 is 0 Å². The molecule has 4 heteroatoms. The van der Waals surface area contributed by atoms with Crippen molar-refractivity contribution >= 4 is 12.0 Å². The molecule has 0 bridgehead atoms. The molecule has 0 amide bonds. The van der Waals surface area contributed by atoms with Crippen LogP contribution in [0.3, 0.4) is 0 Å². The Balaban J connectivity index is 2.03. The molecule has 0 atom stereocenters. The first-order chi connectivity index (χ1) is 14.7. The molecule has 4 nitrogen and oxygen atoms in total. The van der Waals surface area contributed by atoms with Crippen LogP contribution >= 0.6 is 0 Å². The summed E-state index contributed by atoms with van der Waals surface area (Å²) in [4.78, 5) is 10.6. The van der Waals surface area contributed by atoms with Gasteiger partial charge in [-0.15, -0.1) is 0 Å². The normalized spacial score (nSPS) is 11.1. The van der Waals surface area contributed by atoms with E-state index in [2.05, 4.69) is 6.92 Å². The largest absolute Gasteiger partial charge is 0.493 e. The van der Waals surface area contributed by atoms with Crippen molar-refractivity contribution in [3.63, 3.8) is 0 Å². The molecule has 1 aromatic rings. The first kappa shape index (κ1) is 26.1. The Morgan fingerprint density at radius 1 is 0.833 bits per heavy atom. The highest BCUT2D eigenvalue weighted by Crippen LogP contribution is 2.28. The summed E-state index contributed by atoms with van der Waals surface area (Å²) in [6, 6.07) is 5.46. The van der Waals surface area contributed by atoms with E-state index in [0.717, 1.165) is 18.1 Å². The summed E-state index contributed by atoms with van der Waals surface area (Å²) in [6.07, 6.45) is 21.5. The van der Waals surface area contributed by atoms with Crippen molar-refractivity contribution in [3.05, 3.63) is 29.8 Å². The third-order valence-electron chi connectivity index (χ3n) is 5.36. The highest BCUT2D eigenvalue weighted by molar-refractivity contribution is 5.85. The topological polar surface area (TPSA) is 55.8 Å². The monoisotopic (exact) mass is 418 g/mol. The number of benzene rings is 1. The number of unbranched alkanes of at least 4 members (excludes halogenated alkanes) is 13. The molecule has 0 radical (unpaired) electrons. The van der Waals surface area contributed by atoms with Crippen molar-refractivity contribution < 1.29 is 19.4 Å². The predicted octanol–water partition coefficient (Wildman–Crippen LogP) is 7.65. The number of methoxy groups -OCH3 is 1. The first-order valence-electron chi connectivity index (χ1n) is 11.9. The van der Waals surface area contributed by atoms with Crippen molar-refractivity contribution in [2.75, 3.05) is 13.7 Å². The Kier molecular flexibility index (Phi) is 15.5. The van der Waals surface area contributed by atoms with Crippen LogP contribution in [0.2, 0.25) is 0 Å². The van der Waals surface area contributed by atoms with Gasteiger partial charge in [0.05, 0.1) is 13.7 Å². The maximum absolute atomic E-state index is 10.6. The second-order valence-electron chi connectivity index (χ2n) is 8.03. The second kappa shape index (κ2) is 17.9. The van der Waals surface area contributed by atoms with E-state index in [9.17, 15) is 4.79 Å². The summed E-state index contributed by atoms with van der Waals surface area (Å²) in [5.41, 5.74) is 0.776. The summed E-state index contributed by atoms with van der Waals surface area (Å²) in [5, 5.41) is 8.72. The molecule has 0 aliphatic heterocycles. The third-order valence-corrected chi connectivity index (χ3v) is 5.36. The lowest BCUT2D eigenvalue weighted by atomic mass is 10.0. The van der Waals surface area contributed by atoms with Crippen molar-refractivity contribution in [3.8, 4) is 11.5 Å². The van der Waals surface area contributed by atoms with E-state index in [-0.39, 0.29) is 0 Å². The van der Waals surface area contributed by atoms with E-state index < -0.39 is 5.97 Å². The van der Waals surface area contributed by atoms with E-state index in [1.54, 1.807) is 19.3 Å². The summed E-state index contributed by atoms with van der Waals surface area (Å²) in [5.74, 6) is 0.375. The van der Waals surface area contributed by atoms with Gasteiger partial charge in [-0.25, -0.2) is 4.79 Å². The van der Waals surface area contributed by atoms with Crippen molar-refractivity contribution in [1.29, 1.82) is 0 Å². The third kappa shape index (κ3) is 13.3. The van der Waals surface area contributed by atoms with E-state index in [1.807, 2.05) is 12.1 Å². The standard InChI is InChI=1S/C26H42O4/c1-3-4-5-6-7-8-9-10-11-12-13-14-15-16-21-30-24-19-17-23(18-20-26(27)28)22-25(24)29-2/h17-20,22H,3-16,21H2,1-2H3,(H,27,28)/b20-18-. The summed E-state index contributed by atoms with van der Waals surface area (Å²) < 4.78 is 11.2. The van der Waals surface area contributed by atoms with Gasteiger partial charge in [-0.2, -0.15) is 0 Å². The Morgan fingerprint density at radius 2 is 1.37 bits per heavy atom. The SMILES string of the molecule is CCCCCCCCCCCCCCCCOc1ccc(/C=C\C(=O)O)cc1OC. The van der Waals surface area contributed by atoms with Gasteiger partial charge in [-0.05, 0) is 30.2 Å². The van der Waals surface area contributed by atoms with Gasteiger partial charge in [0, 0.05) is 6.08 Å². The number of hydrogen-bond donors (Lipinski definition) is 1. The van der Waals surface area contributed by atoms with Gasteiger partial charge >= 0.3 is 5.97 Å². The lowest BCUT2D eigenvalue weighted by Crippen LogP contribution is -1.99. The summed E-state index contributed by atoms with van der Waals surface area (Å²) in [6.45, 7) is 2.95. The Hall–Kier alpha value is -1.97. The lowest BCUT2D eigenvalue weighted by Gasteiger charge is -2.11. The molecule has 0 saturated heterocycles. The molecule has 0 aromatic heterocycles. The van der Waals surface area contributed by atoms with Gasteiger partial charge in [-0.3, -0.25) is 0 Å². The van der Waals surface area contributed by atoms with Crippen LogP contribution in [-0.4, -0.2) is 24.8 Å². The fourth-order valence-corrected chi connectivity index (χ4v) is 3.55. The highest BCUT2D eigenvalue weighted by Gasteiger charge is 2.05. The van der Waals surface area contributed by atoms with Gasteiger partial charge in [0.2, 0.25) is 0 Å². The van der Waals surface area contributed by atoms with Gasteiger partial charge in [0.1, 0.15) is 0 Å². The number of aliphatic carboxylic acids is 1. The molecule has 0 spiro atoms. The number of rotatable bonds is 19. The Labute approximate surface area is 183 Å². The Morgan fingerprint density at radius 3 is 1.87 bits per heavy atom. The molecule has 0 saturated carbocycles. The first-order valence-corrected chi connectivity index (χ1v) is 11.9. The number of carboxylic acid groups (broad SMARTS) is 1. The molecular weight excluding hydrogens is 376 g/mol. The van der Waals surface area contributed by atoms with Gasteiger partial charge in [0.25, 0.3) is 0 Å². The molecule has 0 unspecified atom stereocenters. The molecule has 0 heterocycles. The zero-order valence-corrected chi connectivity index (χ0v) is 19.2. The summed E-state index contributed by atoms with van der Waals surface area (Å²) >= 11 is 0. The number of carboxylic acids is 1. The maximum atomic E-state index is 10.6. The lowest BCUT2D eigenvalue weighted by molar-refractivity contribution is -0.131. The molecule has 0 fully saturated rings. The average Bonchev–Trinajstić information content (AvgIpc) is 2.75. The number of hydrogen-bond acceptors (Lipinski definition) is 3. The molecule has 0 aliphatic rings.